The fourth-order valence-electron chi connectivity index (χ4n) is 3.14. The summed E-state index contributed by atoms with van der Waals surface area (Å²) in [5.41, 5.74) is 8.16. The number of anilines is 2. The first kappa shape index (κ1) is 18.1. The number of aliphatic hydroxyl groups is 1. The van der Waals surface area contributed by atoms with E-state index in [9.17, 15) is 23.1 Å². The standard InChI is InChI=1S/C18H17F3N2O3/c19-18(20,21)26-14-8-5-12(6-9-14)23(17(22)25)16-3-1-2-11-4-7-13(24)10-15(11)16/h1-3,5-6,8-9,13,24H,4,7,10H2,(H2,22,25). The largest absolute Gasteiger partial charge is 0.573 e. The number of nitrogens with zero attached hydrogens (tertiary/aromatic N) is 1. The van der Waals surface area contributed by atoms with Gasteiger partial charge < -0.3 is 15.6 Å². The molecule has 1 unspecified atom stereocenters. The molecule has 3 rings (SSSR count). The van der Waals surface area contributed by atoms with Crippen LogP contribution in [-0.4, -0.2) is 23.6 Å². The van der Waals surface area contributed by atoms with Gasteiger partial charge in [-0.25, -0.2) is 4.79 Å². The summed E-state index contributed by atoms with van der Waals surface area (Å²) in [6.45, 7) is 0. The first-order chi connectivity index (χ1) is 12.2. The van der Waals surface area contributed by atoms with Gasteiger partial charge in [0.1, 0.15) is 5.75 Å². The molecule has 0 spiro atoms. The van der Waals surface area contributed by atoms with Crippen molar-refractivity contribution in [1.82, 2.24) is 0 Å². The number of amides is 2. The number of carbonyl (C=O) groups is 1. The highest BCUT2D eigenvalue weighted by Gasteiger charge is 2.31. The zero-order valence-corrected chi connectivity index (χ0v) is 13.7. The first-order valence-corrected chi connectivity index (χ1v) is 7.99. The Morgan fingerprint density at radius 1 is 1.19 bits per heavy atom. The lowest BCUT2D eigenvalue weighted by Crippen LogP contribution is -2.33. The number of fused-ring (bicyclic) bond motifs is 1. The molecule has 2 aromatic carbocycles. The summed E-state index contributed by atoms with van der Waals surface area (Å²) in [7, 11) is 0. The topological polar surface area (TPSA) is 75.8 Å². The molecular formula is C18H17F3N2O3. The fraction of sp³-hybridized carbons (Fsp3) is 0.278. The highest BCUT2D eigenvalue weighted by molar-refractivity contribution is 5.99. The van der Waals surface area contributed by atoms with E-state index in [1.54, 1.807) is 12.1 Å². The molecule has 5 nitrogen and oxygen atoms in total. The maximum Gasteiger partial charge on any atom is 0.573 e. The minimum absolute atomic E-state index is 0.306. The molecule has 0 bridgehead atoms. The molecule has 0 aliphatic heterocycles. The molecule has 8 heteroatoms. The molecule has 0 heterocycles. The molecule has 0 saturated heterocycles. The number of aliphatic hydroxyl groups excluding tert-OH is 1. The van der Waals surface area contributed by atoms with Crippen molar-refractivity contribution in [2.24, 2.45) is 5.73 Å². The van der Waals surface area contributed by atoms with Gasteiger partial charge in [0, 0.05) is 6.42 Å². The van der Waals surface area contributed by atoms with Crippen LogP contribution in [0.5, 0.6) is 5.75 Å². The summed E-state index contributed by atoms with van der Waals surface area (Å²) < 4.78 is 40.7. The van der Waals surface area contributed by atoms with Crippen molar-refractivity contribution >= 4 is 17.4 Å². The van der Waals surface area contributed by atoms with Crippen molar-refractivity contribution in [3.8, 4) is 5.75 Å². The minimum atomic E-state index is -4.79. The average molecular weight is 366 g/mol. The lowest BCUT2D eigenvalue weighted by atomic mass is 9.88. The lowest BCUT2D eigenvalue weighted by molar-refractivity contribution is -0.274. The van der Waals surface area contributed by atoms with E-state index in [0.29, 0.717) is 30.6 Å². The number of benzene rings is 2. The number of aryl methyl sites for hydroxylation is 1. The second kappa shape index (κ2) is 6.87. The smallest absolute Gasteiger partial charge is 0.406 e. The van der Waals surface area contributed by atoms with Gasteiger partial charge in [-0.2, -0.15) is 0 Å². The van der Waals surface area contributed by atoms with Gasteiger partial charge in [-0.1, -0.05) is 12.1 Å². The van der Waals surface area contributed by atoms with Crippen molar-refractivity contribution in [3.05, 3.63) is 53.6 Å². The summed E-state index contributed by atoms with van der Waals surface area (Å²) in [5.74, 6) is -0.392. The molecule has 2 amide bonds. The van der Waals surface area contributed by atoms with E-state index in [1.807, 2.05) is 6.07 Å². The van der Waals surface area contributed by atoms with E-state index >= 15 is 0 Å². The molecule has 3 N–H and O–H groups in total. The zero-order valence-electron chi connectivity index (χ0n) is 13.7. The number of hydrogen-bond acceptors (Lipinski definition) is 3. The molecule has 2 aromatic rings. The second-order valence-electron chi connectivity index (χ2n) is 6.03. The van der Waals surface area contributed by atoms with Gasteiger partial charge in [0.05, 0.1) is 17.5 Å². The van der Waals surface area contributed by atoms with E-state index in [2.05, 4.69) is 4.74 Å². The second-order valence-corrected chi connectivity index (χ2v) is 6.03. The number of ether oxygens (including phenoxy) is 1. The van der Waals surface area contributed by atoms with Crippen LogP contribution in [0, 0.1) is 0 Å². The third-order valence-electron chi connectivity index (χ3n) is 4.22. The van der Waals surface area contributed by atoms with Gasteiger partial charge in [0.25, 0.3) is 0 Å². The van der Waals surface area contributed by atoms with Crippen LogP contribution in [0.1, 0.15) is 17.5 Å². The van der Waals surface area contributed by atoms with Crippen LogP contribution in [0.25, 0.3) is 0 Å². The number of halogens is 3. The Balaban J connectivity index is 1.97. The lowest BCUT2D eigenvalue weighted by Gasteiger charge is -2.29. The number of nitrogens with two attached hydrogens (primary N) is 1. The van der Waals surface area contributed by atoms with E-state index in [4.69, 9.17) is 5.73 Å². The summed E-state index contributed by atoms with van der Waals surface area (Å²) in [5, 5.41) is 9.96. The van der Waals surface area contributed by atoms with Gasteiger partial charge >= 0.3 is 12.4 Å². The monoisotopic (exact) mass is 366 g/mol. The summed E-state index contributed by atoms with van der Waals surface area (Å²) in [6.07, 6.45) is -3.61. The summed E-state index contributed by atoms with van der Waals surface area (Å²) >= 11 is 0. The van der Waals surface area contributed by atoms with Crippen molar-refractivity contribution < 1.29 is 27.8 Å². The van der Waals surface area contributed by atoms with Crippen LogP contribution in [0.3, 0.4) is 0 Å². The quantitative estimate of drug-likeness (QED) is 0.871. The third kappa shape index (κ3) is 3.91. The van der Waals surface area contributed by atoms with Crippen LogP contribution >= 0.6 is 0 Å². The van der Waals surface area contributed by atoms with Crippen LogP contribution in [0.4, 0.5) is 29.3 Å². The maximum atomic E-state index is 12.3. The van der Waals surface area contributed by atoms with Crippen molar-refractivity contribution in [2.45, 2.75) is 31.7 Å². The molecule has 0 fully saturated rings. The molecular weight excluding hydrogens is 349 g/mol. The van der Waals surface area contributed by atoms with E-state index in [0.717, 1.165) is 23.3 Å². The van der Waals surface area contributed by atoms with Gasteiger partial charge in [0.15, 0.2) is 0 Å². The molecule has 0 radical (unpaired) electrons. The van der Waals surface area contributed by atoms with Crippen LogP contribution in [-0.2, 0) is 12.8 Å². The number of rotatable bonds is 3. The first-order valence-electron chi connectivity index (χ1n) is 7.99. The molecule has 138 valence electrons. The Bertz CT molecular complexity index is 806. The Morgan fingerprint density at radius 2 is 1.88 bits per heavy atom. The van der Waals surface area contributed by atoms with Crippen molar-refractivity contribution in [2.75, 3.05) is 4.90 Å². The van der Waals surface area contributed by atoms with E-state index in [-0.39, 0.29) is 0 Å². The number of alkyl halides is 3. The molecule has 26 heavy (non-hydrogen) atoms. The fourth-order valence-corrected chi connectivity index (χ4v) is 3.14. The van der Waals surface area contributed by atoms with E-state index in [1.165, 1.54) is 17.0 Å². The molecule has 1 aliphatic rings. The zero-order chi connectivity index (χ0) is 18.9. The van der Waals surface area contributed by atoms with Gasteiger partial charge in [0.2, 0.25) is 0 Å². The number of hydrogen-bond donors (Lipinski definition) is 2. The summed E-state index contributed by atoms with van der Waals surface area (Å²) in [6, 6.07) is 9.50. The molecule has 1 atom stereocenters. The highest BCUT2D eigenvalue weighted by atomic mass is 19.4. The minimum Gasteiger partial charge on any atom is -0.406 e. The molecule has 0 aromatic heterocycles. The summed E-state index contributed by atoms with van der Waals surface area (Å²) in [4.78, 5) is 13.3. The van der Waals surface area contributed by atoms with Gasteiger partial charge in [-0.3, -0.25) is 4.90 Å². The Labute approximate surface area is 147 Å². The number of urea groups is 1. The van der Waals surface area contributed by atoms with Crippen LogP contribution in [0.2, 0.25) is 0 Å². The SMILES string of the molecule is NC(=O)N(c1ccc(OC(F)(F)F)cc1)c1cccc2c1CC(O)CC2. The predicted molar refractivity (Wildman–Crippen MR) is 89.3 cm³/mol. The highest BCUT2D eigenvalue weighted by Crippen LogP contribution is 2.35. The molecule has 1 aliphatic carbocycles. The van der Waals surface area contributed by atoms with Gasteiger partial charge in [-0.05, 0) is 54.3 Å². The number of primary amides is 1. The normalized spacial score (nSPS) is 16.7. The van der Waals surface area contributed by atoms with E-state index < -0.39 is 24.2 Å². The third-order valence-corrected chi connectivity index (χ3v) is 4.22. The predicted octanol–water partition coefficient (Wildman–Crippen LogP) is 3.65. The van der Waals surface area contributed by atoms with Crippen LogP contribution < -0.4 is 15.4 Å². The van der Waals surface area contributed by atoms with Crippen molar-refractivity contribution in [1.29, 1.82) is 0 Å². The number of carbonyl (C=O) groups excluding carboxylic acids is 1. The van der Waals surface area contributed by atoms with Gasteiger partial charge in [-0.15, -0.1) is 13.2 Å². The Hall–Kier alpha value is -2.74. The van der Waals surface area contributed by atoms with Crippen molar-refractivity contribution in [3.63, 3.8) is 0 Å². The average Bonchev–Trinajstić information content (AvgIpc) is 2.55. The Morgan fingerprint density at radius 3 is 2.50 bits per heavy atom. The van der Waals surface area contributed by atoms with Crippen LogP contribution in [0.15, 0.2) is 42.5 Å². The Kier molecular flexibility index (Phi) is 4.78. The molecule has 0 saturated carbocycles. The maximum absolute atomic E-state index is 12.3.